The lowest BCUT2D eigenvalue weighted by molar-refractivity contribution is -0.0805. The highest BCUT2D eigenvalue weighted by molar-refractivity contribution is 5.16. The molecule has 0 saturated carbocycles. The fraction of sp³-hybridized carbons (Fsp3) is 0.538. The summed E-state index contributed by atoms with van der Waals surface area (Å²) in [6, 6.07) is 6.93. The second-order valence-electron chi connectivity index (χ2n) is 4.55. The summed E-state index contributed by atoms with van der Waals surface area (Å²) in [6.07, 6.45) is -0.125. The molecule has 2 unspecified atom stereocenters. The molecule has 0 aliphatic carbocycles. The average molecular weight is 239 g/mol. The first kappa shape index (κ1) is 12.5. The number of halogens is 1. The van der Waals surface area contributed by atoms with Crippen molar-refractivity contribution >= 4 is 0 Å². The van der Waals surface area contributed by atoms with Gasteiger partial charge < -0.3 is 9.84 Å². The highest BCUT2D eigenvalue weighted by atomic mass is 19.1. The lowest BCUT2D eigenvalue weighted by atomic mass is 10.1. The zero-order valence-electron chi connectivity index (χ0n) is 9.97. The Kier molecular flexibility index (Phi) is 4.10. The largest absolute Gasteiger partial charge is 0.394 e. The van der Waals surface area contributed by atoms with Gasteiger partial charge >= 0.3 is 0 Å². The maximum Gasteiger partial charge on any atom is 0.123 e. The third kappa shape index (κ3) is 3.25. The molecule has 4 heteroatoms. The minimum absolute atomic E-state index is 0.0341. The highest BCUT2D eigenvalue weighted by Crippen LogP contribution is 2.15. The van der Waals surface area contributed by atoms with Gasteiger partial charge in [-0.05, 0) is 24.6 Å². The van der Waals surface area contributed by atoms with Gasteiger partial charge in [-0.2, -0.15) is 0 Å². The Morgan fingerprint density at radius 2 is 2.35 bits per heavy atom. The van der Waals surface area contributed by atoms with Crippen LogP contribution in [0.25, 0.3) is 0 Å². The molecule has 1 N–H and O–H groups in total. The van der Waals surface area contributed by atoms with Crippen molar-refractivity contribution in [2.45, 2.75) is 25.6 Å². The number of nitrogens with zero attached hydrogens (tertiary/aromatic N) is 1. The van der Waals surface area contributed by atoms with Crippen molar-refractivity contribution in [3.05, 3.63) is 35.6 Å². The molecule has 1 heterocycles. The Morgan fingerprint density at radius 1 is 1.53 bits per heavy atom. The minimum atomic E-state index is -0.206. The van der Waals surface area contributed by atoms with E-state index in [0.29, 0.717) is 25.7 Å². The molecule has 2 atom stereocenters. The average Bonchev–Trinajstić information content (AvgIpc) is 2.32. The Bertz CT molecular complexity index is 372. The summed E-state index contributed by atoms with van der Waals surface area (Å²) < 4.78 is 18.5. The van der Waals surface area contributed by atoms with Gasteiger partial charge in [0.1, 0.15) is 5.82 Å². The van der Waals surface area contributed by atoms with Gasteiger partial charge in [-0.25, -0.2) is 4.39 Å². The van der Waals surface area contributed by atoms with Gasteiger partial charge in [-0.15, -0.1) is 0 Å². The van der Waals surface area contributed by atoms with E-state index < -0.39 is 0 Å². The van der Waals surface area contributed by atoms with E-state index in [4.69, 9.17) is 9.84 Å². The lowest BCUT2D eigenvalue weighted by Crippen LogP contribution is -2.48. The number of hydrogen-bond acceptors (Lipinski definition) is 3. The van der Waals surface area contributed by atoms with E-state index in [1.54, 1.807) is 12.1 Å². The second-order valence-corrected chi connectivity index (χ2v) is 4.55. The molecule has 0 bridgehead atoms. The molecule has 3 nitrogen and oxygen atoms in total. The summed E-state index contributed by atoms with van der Waals surface area (Å²) in [5, 5.41) is 9.09. The van der Waals surface area contributed by atoms with Gasteiger partial charge in [0.25, 0.3) is 0 Å². The Balaban J connectivity index is 2.01. The van der Waals surface area contributed by atoms with Crippen LogP contribution in [0.5, 0.6) is 0 Å². The quantitative estimate of drug-likeness (QED) is 0.865. The van der Waals surface area contributed by atoms with Crippen molar-refractivity contribution in [1.29, 1.82) is 0 Å². The molecule has 0 amide bonds. The number of rotatable bonds is 3. The SMILES string of the molecule is CC1COC(CO)CN1Cc1cccc(F)c1. The fourth-order valence-corrected chi connectivity index (χ4v) is 2.08. The highest BCUT2D eigenvalue weighted by Gasteiger charge is 2.25. The minimum Gasteiger partial charge on any atom is -0.394 e. The number of aliphatic hydroxyl groups excluding tert-OH is 1. The first-order chi connectivity index (χ1) is 8.19. The molecule has 1 aromatic rings. The van der Waals surface area contributed by atoms with Gasteiger partial charge in [0, 0.05) is 19.1 Å². The van der Waals surface area contributed by atoms with Gasteiger partial charge in [0.15, 0.2) is 0 Å². The van der Waals surface area contributed by atoms with Crippen molar-refractivity contribution in [3.8, 4) is 0 Å². The number of aliphatic hydroxyl groups is 1. The Labute approximate surface area is 101 Å². The van der Waals surface area contributed by atoms with Crippen LogP contribution < -0.4 is 0 Å². The van der Waals surface area contributed by atoms with E-state index in [9.17, 15) is 4.39 Å². The molecule has 0 radical (unpaired) electrons. The van der Waals surface area contributed by atoms with Crippen molar-refractivity contribution in [2.24, 2.45) is 0 Å². The normalized spacial score (nSPS) is 26.1. The van der Waals surface area contributed by atoms with E-state index in [2.05, 4.69) is 11.8 Å². The zero-order chi connectivity index (χ0) is 12.3. The number of ether oxygens (including phenoxy) is 1. The van der Waals surface area contributed by atoms with Crippen LogP contribution in [-0.4, -0.2) is 41.9 Å². The summed E-state index contributed by atoms with van der Waals surface area (Å²) in [5.74, 6) is -0.206. The molecule has 1 aliphatic heterocycles. The summed E-state index contributed by atoms with van der Waals surface area (Å²) in [7, 11) is 0. The van der Waals surface area contributed by atoms with E-state index in [1.807, 2.05) is 6.07 Å². The van der Waals surface area contributed by atoms with Crippen LogP contribution in [0, 0.1) is 5.82 Å². The molecule has 1 aromatic carbocycles. The van der Waals surface area contributed by atoms with Crippen LogP contribution >= 0.6 is 0 Å². The van der Waals surface area contributed by atoms with Crippen LogP contribution in [0.1, 0.15) is 12.5 Å². The van der Waals surface area contributed by atoms with Crippen LogP contribution in [0.4, 0.5) is 4.39 Å². The molecule has 0 aromatic heterocycles. The van der Waals surface area contributed by atoms with E-state index >= 15 is 0 Å². The zero-order valence-corrected chi connectivity index (χ0v) is 9.97. The first-order valence-corrected chi connectivity index (χ1v) is 5.90. The van der Waals surface area contributed by atoms with E-state index in [1.165, 1.54) is 6.07 Å². The maximum atomic E-state index is 13.1. The molecule has 1 aliphatic rings. The van der Waals surface area contributed by atoms with E-state index in [0.717, 1.165) is 5.56 Å². The van der Waals surface area contributed by atoms with Crippen molar-refractivity contribution in [1.82, 2.24) is 4.90 Å². The van der Waals surface area contributed by atoms with Gasteiger partial charge in [0.05, 0.1) is 19.3 Å². The predicted octanol–water partition coefficient (Wildman–Crippen LogP) is 1.41. The van der Waals surface area contributed by atoms with Gasteiger partial charge in [-0.3, -0.25) is 4.90 Å². The second kappa shape index (κ2) is 5.58. The molecule has 1 saturated heterocycles. The predicted molar refractivity (Wildman–Crippen MR) is 63.1 cm³/mol. The number of morpholine rings is 1. The van der Waals surface area contributed by atoms with Gasteiger partial charge in [-0.1, -0.05) is 12.1 Å². The monoisotopic (exact) mass is 239 g/mol. The van der Waals surface area contributed by atoms with Crippen molar-refractivity contribution in [2.75, 3.05) is 19.8 Å². The Morgan fingerprint density at radius 3 is 3.06 bits per heavy atom. The maximum absolute atomic E-state index is 13.1. The summed E-state index contributed by atoms with van der Waals surface area (Å²) >= 11 is 0. The number of benzene rings is 1. The molecule has 94 valence electrons. The molecule has 2 rings (SSSR count). The summed E-state index contributed by atoms with van der Waals surface area (Å²) in [4.78, 5) is 2.21. The number of hydrogen-bond donors (Lipinski definition) is 1. The fourth-order valence-electron chi connectivity index (χ4n) is 2.08. The van der Waals surface area contributed by atoms with Crippen LogP contribution in [-0.2, 0) is 11.3 Å². The molecule has 17 heavy (non-hydrogen) atoms. The van der Waals surface area contributed by atoms with Crippen molar-refractivity contribution < 1.29 is 14.2 Å². The third-order valence-electron chi connectivity index (χ3n) is 3.11. The molecular weight excluding hydrogens is 221 g/mol. The topological polar surface area (TPSA) is 32.7 Å². The first-order valence-electron chi connectivity index (χ1n) is 5.90. The van der Waals surface area contributed by atoms with Crippen LogP contribution in [0.15, 0.2) is 24.3 Å². The third-order valence-corrected chi connectivity index (χ3v) is 3.11. The summed E-state index contributed by atoms with van der Waals surface area (Å²) in [5.41, 5.74) is 0.954. The smallest absolute Gasteiger partial charge is 0.123 e. The van der Waals surface area contributed by atoms with Gasteiger partial charge in [0.2, 0.25) is 0 Å². The standard InChI is InChI=1S/C13H18FNO2/c1-10-9-17-13(8-16)7-15(10)6-11-3-2-4-12(14)5-11/h2-5,10,13,16H,6-9H2,1H3. The van der Waals surface area contributed by atoms with Crippen LogP contribution in [0.2, 0.25) is 0 Å². The Hall–Kier alpha value is -0.970. The molecular formula is C13H18FNO2. The van der Waals surface area contributed by atoms with Crippen LogP contribution in [0.3, 0.4) is 0 Å². The summed E-state index contributed by atoms with van der Waals surface area (Å²) in [6.45, 7) is 4.10. The lowest BCUT2D eigenvalue weighted by Gasteiger charge is -2.37. The molecule has 0 spiro atoms. The van der Waals surface area contributed by atoms with E-state index in [-0.39, 0.29) is 18.5 Å². The molecule has 1 fully saturated rings. The van der Waals surface area contributed by atoms with Crippen molar-refractivity contribution in [3.63, 3.8) is 0 Å².